The molecular formula is C18H22F2IN3. The number of hydrogen-bond acceptors (Lipinski definition) is 1. The highest BCUT2D eigenvalue weighted by Gasteiger charge is 2.03. The van der Waals surface area contributed by atoms with E-state index in [1.807, 2.05) is 12.1 Å². The molecule has 0 aromatic heterocycles. The zero-order valence-corrected chi connectivity index (χ0v) is 15.9. The lowest BCUT2D eigenvalue weighted by atomic mass is 10.1. The maximum Gasteiger partial charge on any atom is 0.190 e. The number of rotatable bonds is 6. The van der Waals surface area contributed by atoms with Gasteiger partial charge in [0.05, 0.1) is 0 Å². The van der Waals surface area contributed by atoms with Crippen molar-refractivity contribution in [1.29, 1.82) is 0 Å². The van der Waals surface area contributed by atoms with Gasteiger partial charge in [0, 0.05) is 20.1 Å². The Bertz CT molecular complexity index is 609. The monoisotopic (exact) mass is 445 g/mol. The van der Waals surface area contributed by atoms with Gasteiger partial charge in [0.1, 0.15) is 11.6 Å². The number of hydrogen-bond donors (Lipinski definition) is 2. The van der Waals surface area contributed by atoms with Crippen molar-refractivity contribution < 1.29 is 8.78 Å². The van der Waals surface area contributed by atoms with Gasteiger partial charge in [-0.3, -0.25) is 4.99 Å². The van der Waals surface area contributed by atoms with Gasteiger partial charge in [-0.15, -0.1) is 24.0 Å². The summed E-state index contributed by atoms with van der Waals surface area (Å²) in [5.74, 6) is 0.228. The normalized spacial score (nSPS) is 9.79. The molecule has 0 unspecified atom stereocenters. The third-order valence-corrected chi connectivity index (χ3v) is 3.51. The lowest BCUT2D eigenvalue weighted by molar-refractivity contribution is 0.604. The Balaban J connectivity index is 0.00000288. The van der Waals surface area contributed by atoms with Crippen molar-refractivity contribution in [3.8, 4) is 0 Å². The van der Waals surface area contributed by atoms with E-state index in [0.29, 0.717) is 43.0 Å². The van der Waals surface area contributed by atoms with Crippen LogP contribution in [0.1, 0.15) is 11.1 Å². The number of benzene rings is 2. The number of halogens is 3. The average Bonchev–Trinajstić information content (AvgIpc) is 2.56. The van der Waals surface area contributed by atoms with E-state index in [1.54, 1.807) is 31.3 Å². The van der Waals surface area contributed by atoms with Crippen LogP contribution in [-0.2, 0) is 12.8 Å². The molecule has 130 valence electrons. The van der Waals surface area contributed by atoms with E-state index >= 15 is 0 Å². The second-order valence-electron chi connectivity index (χ2n) is 5.11. The van der Waals surface area contributed by atoms with Gasteiger partial charge >= 0.3 is 0 Å². The maximum absolute atomic E-state index is 13.5. The molecule has 0 atom stereocenters. The molecule has 0 fully saturated rings. The average molecular weight is 445 g/mol. The van der Waals surface area contributed by atoms with Crippen LogP contribution in [0.15, 0.2) is 53.5 Å². The van der Waals surface area contributed by atoms with E-state index in [4.69, 9.17) is 0 Å². The minimum atomic E-state index is -0.197. The summed E-state index contributed by atoms with van der Waals surface area (Å²) in [5.41, 5.74) is 1.34. The molecular weight excluding hydrogens is 423 g/mol. The highest BCUT2D eigenvalue weighted by Crippen LogP contribution is 2.07. The number of nitrogens with zero attached hydrogens (tertiary/aromatic N) is 1. The largest absolute Gasteiger partial charge is 0.356 e. The molecule has 0 radical (unpaired) electrons. The standard InChI is InChI=1S/C18H21F2N3.HI/c1-21-18(22-12-10-14-6-2-4-8-16(14)19)23-13-11-15-7-3-5-9-17(15)20;/h2-9H,10-13H2,1H3,(H2,21,22,23);1H. The molecule has 0 spiro atoms. The lowest BCUT2D eigenvalue weighted by Crippen LogP contribution is -2.39. The van der Waals surface area contributed by atoms with Crippen LogP contribution in [0.2, 0.25) is 0 Å². The van der Waals surface area contributed by atoms with E-state index in [9.17, 15) is 8.78 Å². The van der Waals surface area contributed by atoms with Gasteiger partial charge in [0.15, 0.2) is 5.96 Å². The minimum Gasteiger partial charge on any atom is -0.356 e. The lowest BCUT2D eigenvalue weighted by Gasteiger charge is -2.12. The van der Waals surface area contributed by atoms with Crippen LogP contribution in [0, 0.1) is 11.6 Å². The van der Waals surface area contributed by atoms with Crippen molar-refractivity contribution >= 4 is 29.9 Å². The maximum atomic E-state index is 13.5. The molecule has 0 aliphatic carbocycles. The fourth-order valence-electron chi connectivity index (χ4n) is 2.25. The SMILES string of the molecule is CN=C(NCCc1ccccc1F)NCCc1ccccc1F.I. The molecule has 0 aliphatic heterocycles. The first-order valence-electron chi connectivity index (χ1n) is 7.62. The summed E-state index contributed by atoms with van der Waals surface area (Å²) in [6.07, 6.45) is 1.14. The second-order valence-corrected chi connectivity index (χ2v) is 5.11. The van der Waals surface area contributed by atoms with Crippen LogP contribution >= 0.6 is 24.0 Å². The second kappa shape index (κ2) is 11.0. The third-order valence-electron chi connectivity index (χ3n) is 3.51. The first-order chi connectivity index (χ1) is 11.2. The molecule has 2 N–H and O–H groups in total. The summed E-state index contributed by atoms with van der Waals surface area (Å²) in [4.78, 5) is 4.10. The quantitative estimate of drug-likeness (QED) is 0.406. The van der Waals surface area contributed by atoms with Crippen LogP contribution in [0.25, 0.3) is 0 Å². The van der Waals surface area contributed by atoms with E-state index < -0.39 is 0 Å². The molecule has 0 amide bonds. The van der Waals surface area contributed by atoms with Gasteiger partial charge in [0.2, 0.25) is 0 Å². The number of aliphatic imine (C=N–C) groups is 1. The topological polar surface area (TPSA) is 36.4 Å². The van der Waals surface area contributed by atoms with E-state index in [0.717, 1.165) is 0 Å². The smallest absolute Gasteiger partial charge is 0.190 e. The minimum absolute atomic E-state index is 0. The first kappa shape index (κ1) is 20.3. The first-order valence-corrected chi connectivity index (χ1v) is 7.62. The van der Waals surface area contributed by atoms with Crippen molar-refractivity contribution in [2.75, 3.05) is 20.1 Å². The van der Waals surface area contributed by atoms with Gasteiger partial charge in [-0.1, -0.05) is 36.4 Å². The van der Waals surface area contributed by atoms with Crippen LogP contribution in [0.5, 0.6) is 0 Å². The Morgan fingerprint density at radius 3 is 1.62 bits per heavy atom. The van der Waals surface area contributed by atoms with Crippen molar-refractivity contribution in [3.05, 3.63) is 71.3 Å². The zero-order valence-electron chi connectivity index (χ0n) is 13.6. The van der Waals surface area contributed by atoms with Gasteiger partial charge in [-0.2, -0.15) is 0 Å². The van der Waals surface area contributed by atoms with Crippen molar-refractivity contribution in [1.82, 2.24) is 10.6 Å². The zero-order chi connectivity index (χ0) is 16.5. The van der Waals surface area contributed by atoms with E-state index in [1.165, 1.54) is 12.1 Å². The number of guanidine groups is 1. The third kappa shape index (κ3) is 6.43. The molecule has 24 heavy (non-hydrogen) atoms. The molecule has 2 aromatic carbocycles. The summed E-state index contributed by atoms with van der Waals surface area (Å²) < 4.78 is 27.0. The summed E-state index contributed by atoms with van der Waals surface area (Å²) in [6.45, 7) is 1.14. The number of nitrogens with one attached hydrogen (secondary N) is 2. The molecule has 0 saturated heterocycles. The van der Waals surface area contributed by atoms with E-state index in [2.05, 4.69) is 15.6 Å². The molecule has 6 heteroatoms. The molecule has 3 nitrogen and oxygen atoms in total. The fraction of sp³-hybridized carbons (Fsp3) is 0.278. The molecule has 0 heterocycles. The predicted octanol–water partition coefficient (Wildman–Crippen LogP) is 3.53. The highest BCUT2D eigenvalue weighted by molar-refractivity contribution is 14.0. The molecule has 2 rings (SSSR count). The molecule has 0 aliphatic rings. The molecule has 2 aromatic rings. The van der Waals surface area contributed by atoms with Crippen molar-refractivity contribution in [2.24, 2.45) is 4.99 Å². The van der Waals surface area contributed by atoms with E-state index in [-0.39, 0.29) is 35.6 Å². The van der Waals surface area contributed by atoms with Crippen LogP contribution < -0.4 is 10.6 Å². The van der Waals surface area contributed by atoms with Crippen molar-refractivity contribution in [2.45, 2.75) is 12.8 Å². The van der Waals surface area contributed by atoms with Crippen molar-refractivity contribution in [3.63, 3.8) is 0 Å². The summed E-state index contributed by atoms with van der Waals surface area (Å²) >= 11 is 0. The van der Waals surface area contributed by atoms with Gasteiger partial charge in [0.25, 0.3) is 0 Å². The Morgan fingerprint density at radius 1 is 0.833 bits per heavy atom. The summed E-state index contributed by atoms with van der Waals surface area (Å²) in [7, 11) is 1.67. The highest BCUT2D eigenvalue weighted by atomic mass is 127. The summed E-state index contributed by atoms with van der Waals surface area (Å²) in [5, 5.41) is 6.25. The van der Waals surface area contributed by atoms with Crippen LogP contribution in [0.3, 0.4) is 0 Å². The summed E-state index contributed by atoms with van der Waals surface area (Å²) in [6, 6.07) is 13.4. The Kier molecular flexibility index (Phi) is 9.29. The van der Waals surface area contributed by atoms with Crippen LogP contribution in [-0.4, -0.2) is 26.1 Å². The van der Waals surface area contributed by atoms with Gasteiger partial charge < -0.3 is 10.6 Å². The van der Waals surface area contributed by atoms with Gasteiger partial charge in [-0.05, 0) is 36.1 Å². The molecule has 0 saturated carbocycles. The Hall–Kier alpha value is -1.70. The fourth-order valence-corrected chi connectivity index (χ4v) is 2.25. The Morgan fingerprint density at radius 2 is 1.25 bits per heavy atom. The Labute approximate surface area is 158 Å². The molecule has 0 bridgehead atoms. The van der Waals surface area contributed by atoms with Crippen LogP contribution in [0.4, 0.5) is 8.78 Å². The van der Waals surface area contributed by atoms with Gasteiger partial charge in [-0.25, -0.2) is 8.78 Å². The predicted molar refractivity (Wildman–Crippen MR) is 105 cm³/mol.